The Kier molecular flexibility index (Phi) is 3.74. The molecule has 2 atom stereocenters. The highest BCUT2D eigenvalue weighted by Gasteiger charge is 2.23. The fraction of sp³-hybridized carbons (Fsp3) is 0.538. The lowest BCUT2D eigenvalue weighted by Gasteiger charge is -2.35. The molecular formula is C13H17F2NO. The number of benzene rings is 1. The predicted octanol–water partition coefficient (Wildman–Crippen LogP) is 2.57. The van der Waals surface area contributed by atoms with Crippen LogP contribution in [0, 0.1) is 11.6 Å². The van der Waals surface area contributed by atoms with Crippen LogP contribution in [0.5, 0.6) is 0 Å². The van der Waals surface area contributed by atoms with Crippen LogP contribution in [0.4, 0.5) is 8.78 Å². The quantitative estimate of drug-likeness (QED) is 0.789. The van der Waals surface area contributed by atoms with Crippen molar-refractivity contribution in [3.05, 3.63) is 35.4 Å². The van der Waals surface area contributed by atoms with Crippen molar-refractivity contribution in [2.75, 3.05) is 13.1 Å². The monoisotopic (exact) mass is 241 g/mol. The SMILES string of the molecule is CC1CN(Cc2cccc(F)c2F)CC(C)O1. The van der Waals surface area contributed by atoms with E-state index in [1.807, 2.05) is 13.8 Å². The lowest BCUT2D eigenvalue weighted by atomic mass is 10.1. The van der Waals surface area contributed by atoms with Gasteiger partial charge in [-0.05, 0) is 19.9 Å². The summed E-state index contributed by atoms with van der Waals surface area (Å²) in [6.45, 7) is 5.91. The van der Waals surface area contributed by atoms with Crippen molar-refractivity contribution in [3.8, 4) is 0 Å². The summed E-state index contributed by atoms with van der Waals surface area (Å²) in [7, 11) is 0. The van der Waals surface area contributed by atoms with Gasteiger partial charge in [-0.25, -0.2) is 8.78 Å². The molecule has 1 aromatic rings. The van der Waals surface area contributed by atoms with E-state index in [0.29, 0.717) is 12.1 Å². The molecule has 0 saturated carbocycles. The third kappa shape index (κ3) is 3.01. The molecule has 2 nitrogen and oxygen atoms in total. The summed E-state index contributed by atoms with van der Waals surface area (Å²) in [6, 6.07) is 4.31. The lowest BCUT2D eigenvalue weighted by Crippen LogP contribution is -2.44. The van der Waals surface area contributed by atoms with Crippen LogP contribution >= 0.6 is 0 Å². The normalized spacial score (nSPS) is 26.1. The molecule has 1 fully saturated rings. The number of rotatable bonds is 2. The molecule has 4 heteroatoms. The average molecular weight is 241 g/mol. The molecule has 0 aliphatic carbocycles. The topological polar surface area (TPSA) is 12.5 Å². The Bertz CT molecular complexity index is 387. The third-order valence-electron chi connectivity index (χ3n) is 2.92. The molecule has 1 aliphatic rings. The van der Waals surface area contributed by atoms with E-state index in [2.05, 4.69) is 4.90 Å². The molecule has 0 amide bonds. The first kappa shape index (κ1) is 12.5. The molecule has 0 N–H and O–H groups in total. The molecular weight excluding hydrogens is 224 g/mol. The Hall–Kier alpha value is -1.00. The highest BCUT2D eigenvalue weighted by atomic mass is 19.2. The maximum absolute atomic E-state index is 13.5. The molecule has 0 spiro atoms. The molecule has 0 bridgehead atoms. The van der Waals surface area contributed by atoms with Gasteiger partial charge in [-0.2, -0.15) is 0 Å². The molecule has 1 saturated heterocycles. The van der Waals surface area contributed by atoms with E-state index in [4.69, 9.17) is 4.74 Å². The average Bonchev–Trinajstić information content (AvgIpc) is 2.23. The van der Waals surface area contributed by atoms with Crippen LogP contribution < -0.4 is 0 Å². The number of hydrogen-bond acceptors (Lipinski definition) is 2. The third-order valence-corrected chi connectivity index (χ3v) is 2.92. The van der Waals surface area contributed by atoms with Gasteiger partial charge in [0.05, 0.1) is 12.2 Å². The van der Waals surface area contributed by atoms with Crippen LogP contribution in [-0.4, -0.2) is 30.2 Å². The van der Waals surface area contributed by atoms with Gasteiger partial charge < -0.3 is 4.74 Å². The van der Waals surface area contributed by atoms with Gasteiger partial charge in [0.2, 0.25) is 0 Å². The summed E-state index contributed by atoms with van der Waals surface area (Å²) >= 11 is 0. The molecule has 94 valence electrons. The minimum Gasteiger partial charge on any atom is -0.373 e. The second-order valence-electron chi connectivity index (χ2n) is 4.66. The minimum absolute atomic E-state index is 0.135. The van der Waals surface area contributed by atoms with Crippen LogP contribution in [0.2, 0.25) is 0 Å². The lowest BCUT2D eigenvalue weighted by molar-refractivity contribution is -0.0707. The van der Waals surface area contributed by atoms with Gasteiger partial charge in [0.15, 0.2) is 11.6 Å². The van der Waals surface area contributed by atoms with Crippen LogP contribution in [-0.2, 0) is 11.3 Å². The van der Waals surface area contributed by atoms with E-state index in [-0.39, 0.29) is 12.2 Å². The largest absolute Gasteiger partial charge is 0.373 e. The molecule has 1 aliphatic heterocycles. The summed E-state index contributed by atoms with van der Waals surface area (Å²) in [5.74, 6) is -1.52. The Morgan fingerprint density at radius 3 is 2.53 bits per heavy atom. The van der Waals surface area contributed by atoms with E-state index >= 15 is 0 Å². The van der Waals surface area contributed by atoms with Gasteiger partial charge in [-0.1, -0.05) is 12.1 Å². The van der Waals surface area contributed by atoms with E-state index in [1.54, 1.807) is 12.1 Å². The van der Waals surface area contributed by atoms with Gasteiger partial charge in [0.1, 0.15) is 0 Å². The molecule has 0 radical (unpaired) electrons. The minimum atomic E-state index is -0.781. The van der Waals surface area contributed by atoms with Crippen molar-refractivity contribution in [2.45, 2.75) is 32.6 Å². The molecule has 2 unspecified atom stereocenters. The van der Waals surface area contributed by atoms with Crippen LogP contribution in [0.15, 0.2) is 18.2 Å². The van der Waals surface area contributed by atoms with Gasteiger partial charge >= 0.3 is 0 Å². The van der Waals surface area contributed by atoms with Gasteiger partial charge in [0, 0.05) is 25.2 Å². The number of halogens is 2. The smallest absolute Gasteiger partial charge is 0.163 e. The first-order chi connectivity index (χ1) is 8.06. The summed E-state index contributed by atoms with van der Waals surface area (Å²) in [6.07, 6.45) is 0.269. The highest BCUT2D eigenvalue weighted by molar-refractivity contribution is 5.18. The van der Waals surface area contributed by atoms with Crippen molar-refractivity contribution < 1.29 is 13.5 Å². The molecule has 0 aromatic heterocycles. The van der Waals surface area contributed by atoms with Gasteiger partial charge in [-0.15, -0.1) is 0 Å². The van der Waals surface area contributed by atoms with E-state index in [0.717, 1.165) is 19.2 Å². The molecule has 1 aromatic carbocycles. The first-order valence-electron chi connectivity index (χ1n) is 5.87. The summed E-state index contributed by atoms with van der Waals surface area (Å²) in [5.41, 5.74) is 0.409. The maximum atomic E-state index is 13.5. The maximum Gasteiger partial charge on any atom is 0.163 e. The second-order valence-corrected chi connectivity index (χ2v) is 4.66. The van der Waals surface area contributed by atoms with E-state index in [9.17, 15) is 8.78 Å². The molecule has 17 heavy (non-hydrogen) atoms. The van der Waals surface area contributed by atoms with Crippen LogP contribution in [0.25, 0.3) is 0 Å². The number of ether oxygens (including phenoxy) is 1. The first-order valence-corrected chi connectivity index (χ1v) is 5.87. The molecule has 2 rings (SSSR count). The summed E-state index contributed by atoms with van der Waals surface area (Å²) in [4.78, 5) is 2.09. The second kappa shape index (κ2) is 5.10. The van der Waals surface area contributed by atoms with Crippen molar-refractivity contribution >= 4 is 0 Å². The number of morpholine rings is 1. The zero-order valence-corrected chi connectivity index (χ0v) is 10.1. The van der Waals surface area contributed by atoms with Crippen LogP contribution in [0.1, 0.15) is 19.4 Å². The zero-order valence-electron chi connectivity index (χ0n) is 10.1. The van der Waals surface area contributed by atoms with Crippen LogP contribution in [0.3, 0.4) is 0 Å². The standard InChI is InChI=1S/C13H17F2NO/c1-9-6-16(7-10(2)17-9)8-11-4-3-5-12(14)13(11)15/h3-5,9-10H,6-8H2,1-2H3. The van der Waals surface area contributed by atoms with Crippen molar-refractivity contribution in [3.63, 3.8) is 0 Å². The van der Waals surface area contributed by atoms with Crippen molar-refractivity contribution in [2.24, 2.45) is 0 Å². The summed E-state index contributed by atoms with van der Waals surface area (Å²) < 4.78 is 32.2. The van der Waals surface area contributed by atoms with Gasteiger partial charge in [0.25, 0.3) is 0 Å². The van der Waals surface area contributed by atoms with E-state index in [1.165, 1.54) is 0 Å². The van der Waals surface area contributed by atoms with Crippen molar-refractivity contribution in [1.82, 2.24) is 4.90 Å². The van der Waals surface area contributed by atoms with E-state index < -0.39 is 11.6 Å². The highest BCUT2D eigenvalue weighted by Crippen LogP contribution is 2.17. The predicted molar refractivity (Wildman–Crippen MR) is 61.6 cm³/mol. The number of nitrogens with zero attached hydrogens (tertiary/aromatic N) is 1. The summed E-state index contributed by atoms with van der Waals surface area (Å²) in [5, 5.41) is 0. The fourth-order valence-electron chi connectivity index (χ4n) is 2.32. The zero-order chi connectivity index (χ0) is 12.4. The Balaban J connectivity index is 2.07. The Labute approximate surface area is 100 Å². The fourth-order valence-corrected chi connectivity index (χ4v) is 2.32. The Morgan fingerprint density at radius 2 is 1.88 bits per heavy atom. The Morgan fingerprint density at radius 1 is 1.24 bits per heavy atom. The van der Waals surface area contributed by atoms with Gasteiger partial charge in [-0.3, -0.25) is 4.90 Å². The number of hydrogen-bond donors (Lipinski definition) is 0. The van der Waals surface area contributed by atoms with Crippen molar-refractivity contribution in [1.29, 1.82) is 0 Å². The molecule has 1 heterocycles.